The summed E-state index contributed by atoms with van der Waals surface area (Å²) >= 11 is 1.81. The Balaban J connectivity index is 1.67. The predicted molar refractivity (Wildman–Crippen MR) is 51.7 cm³/mol. The SMILES string of the molecule is C1COC(CNC2=NCCS2)C1. The fourth-order valence-electron chi connectivity index (χ4n) is 1.45. The van der Waals surface area contributed by atoms with Crippen LogP contribution < -0.4 is 5.32 Å². The van der Waals surface area contributed by atoms with Crippen LogP contribution in [0, 0.1) is 0 Å². The number of rotatable bonds is 2. The summed E-state index contributed by atoms with van der Waals surface area (Å²) in [6.07, 6.45) is 2.84. The Morgan fingerprint density at radius 3 is 3.33 bits per heavy atom. The van der Waals surface area contributed by atoms with Crippen LogP contribution in [0.25, 0.3) is 0 Å². The molecule has 0 aromatic heterocycles. The van der Waals surface area contributed by atoms with E-state index in [4.69, 9.17) is 4.74 Å². The molecule has 0 aromatic rings. The lowest BCUT2D eigenvalue weighted by Crippen LogP contribution is -2.29. The molecule has 2 heterocycles. The van der Waals surface area contributed by atoms with E-state index in [9.17, 15) is 0 Å². The second kappa shape index (κ2) is 4.14. The van der Waals surface area contributed by atoms with E-state index in [0.29, 0.717) is 6.10 Å². The van der Waals surface area contributed by atoms with E-state index in [0.717, 1.165) is 30.6 Å². The summed E-state index contributed by atoms with van der Waals surface area (Å²) in [5.74, 6) is 1.13. The summed E-state index contributed by atoms with van der Waals surface area (Å²) in [7, 11) is 0. The molecule has 1 atom stereocenters. The highest BCUT2D eigenvalue weighted by molar-refractivity contribution is 8.14. The average molecular weight is 186 g/mol. The number of aliphatic imine (C=N–C) groups is 1. The van der Waals surface area contributed by atoms with Crippen LogP contribution in [-0.2, 0) is 4.74 Å². The van der Waals surface area contributed by atoms with Crippen molar-refractivity contribution in [3.8, 4) is 0 Å². The molecular formula is C8H14N2OS. The van der Waals surface area contributed by atoms with Gasteiger partial charge in [-0.2, -0.15) is 0 Å². The molecule has 12 heavy (non-hydrogen) atoms. The van der Waals surface area contributed by atoms with Crippen molar-refractivity contribution in [1.82, 2.24) is 5.32 Å². The van der Waals surface area contributed by atoms with Gasteiger partial charge >= 0.3 is 0 Å². The Morgan fingerprint density at radius 1 is 1.67 bits per heavy atom. The summed E-state index contributed by atoms with van der Waals surface area (Å²) in [5.41, 5.74) is 0. The van der Waals surface area contributed by atoms with Crippen LogP contribution in [0.15, 0.2) is 4.99 Å². The zero-order valence-electron chi connectivity index (χ0n) is 7.08. The van der Waals surface area contributed by atoms with E-state index in [1.54, 1.807) is 0 Å². The van der Waals surface area contributed by atoms with E-state index >= 15 is 0 Å². The number of ether oxygens (including phenoxy) is 1. The Morgan fingerprint density at radius 2 is 2.67 bits per heavy atom. The fraction of sp³-hybridized carbons (Fsp3) is 0.875. The molecule has 4 heteroatoms. The van der Waals surface area contributed by atoms with Crippen molar-refractivity contribution in [2.24, 2.45) is 4.99 Å². The molecular weight excluding hydrogens is 172 g/mol. The van der Waals surface area contributed by atoms with Crippen molar-refractivity contribution >= 4 is 16.9 Å². The molecule has 2 rings (SSSR count). The third-order valence-corrected chi connectivity index (χ3v) is 3.02. The standard InChI is InChI=1S/C8H14N2OS/c1-2-7(11-4-1)6-10-8-9-3-5-12-8/h7H,1-6H2,(H,9,10). The quantitative estimate of drug-likeness (QED) is 0.694. The first kappa shape index (κ1) is 8.38. The van der Waals surface area contributed by atoms with Crippen molar-refractivity contribution in [2.45, 2.75) is 18.9 Å². The summed E-state index contributed by atoms with van der Waals surface area (Å²) < 4.78 is 5.49. The van der Waals surface area contributed by atoms with Crippen LogP contribution in [0.2, 0.25) is 0 Å². The fourth-order valence-corrected chi connectivity index (χ4v) is 2.19. The third kappa shape index (κ3) is 2.14. The number of thioether (sulfide) groups is 1. The number of hydrogen-bond donors (Lipinski definition) is 1. The first-order chi connectivity index (χ1) is 5.95. The zero-order valence-corrected chi connectivity index (χ0v) is 7.90. The van der Waals surface area contributed by atoms with Crippen molar-refractivity contribution in [1.29, 1.82) is 0 Å². The van der Waals surface area contributed by atoms with Crippen molar-refractivity contribution < 1.29 is 4.74 Å². The lowest BCUT2D eigenvalue weighted by Gasteiger charge is -2.10. The second-order valence-corrected chi connectivity index (χ2v) is 4.13. The first-order valence-electron chi connectivity index (χ1n) is 4.48. The number of hydrogen-bond acceptors (Lipinski definition) is 4. The molecule has 3 nitrogen and oxygen atoms in total. The van der Waals surface area contributed by atoms with Crippen LogP contribution in [-0.4, -0.2) is 36.7 Å². The Kier molecular flexibility index (Phi) is 2.89. The van der Waals surface area contributed by atoms with E-state index in [2.05, 4.69) is 10.3 Å². The molecule has 0 aromatic carbocycles. The number of nitrogens with zero attached hydrogens (tertiary/aromatic N) is 1. The molecule has 1 unspecified atom stereocenters. The normalized spacial score (nSPS) is 29.0. The monoisotopic (exact) mass is 186 g/mol. The van der Waals surface area contributed by atoms with Crippen LogP contribution >= 0.6 is 11.8 Å². The van der Waals surface area contributed by atoms with Gasteiger partial charge in [0.2, 0.25) is 0 Å². The van der Waals surface area contributed by atoms with Crippen LogP contribution in [0.3, 0.4) is 0 Å². The third-order valence-electron chi connectivity index (χ3n) is 2.09. The molecule has 1 fully saturated rings. The van der Waals surface area contributed by atoms with Crippen LogP contribution in [0.1, 0.15) is 12.8 Å². The summed E-state index contributed by atoms with van der Waals surface area (Å²) in [6.45, 7) is 2.84. The van der Waals surface area contributed by atoms with E-state index in [1.165, 1.54) is 12.8 Å². The van der Waals surface area contributed by atoms with Gasteiger partial charge in [-0.1, -0.05) is 11.8 Å². The van der Waals surface area contributed by atoms with Gasteiger partial charge in [0.1, 0.15) is 0 Å². The van der Waals surface area contributed by atoms with Gasteiger partial charge in [-0.3, -0.25) is 4.99 Å². The maximum Gasteiger partial charge on any atom is 0.156 e. The van der Waals surface area contributed by atoms with Gasteiger partial charge in [0.15, 0.2) is 5.17 Å². The minimum atomic E-state index is 0.425. The van der Waals surface area contributed by atoms with Crippen molar-refractivity contribution in [3.05, 3.63) is 0 Å². The van der Waals surface area contributed by atoms with Gasteiger partial charge in [0, 0.05) is 18.9 Å². The first-order valence-corrected chi connectivity index (χ1v) is 5.46. The molecule has 2 aliphatic heterocycles. The molecule has 1 N–H and O–H groups in total. The van der Waals surface area contributed by atoms with Gasteiger partial charge in [-0.25, -0.2) is 0 Å². The van der Waals surface area contributed by atoms with Crippen molar-refractivity contribution in [3.63, 3.8) is 0 Å². The van der Waals surface area contributed by atoms with Crippen LogP contribution in [0.5, 0.6) is 0 Å². The molecule has 68 valence electrons. The zero-order chi connectivity index (χ0) is 8.23. The molecule has 1 saturated heterocycles. The molecule has 0 radical (unpaired) electrons. The lowest BCUT2D eigenvalue weighted by molar-refractivity contribution is 0.114. The topological polar surface area (TPSA) is 33.6 Å². The smallest absolute Gasteiger partial charge is 0.156 e. The molecule has 0 spiro atoms. The largest absolute Gasteiger partial charge is 0.376 e. The Bertz CT molecular complexity index is 178. The maximum absolute atomic E-state index is 5.49. The molecule has 0 amide bonds. The van der Waals surface area contributed by atoms with Gasteiger partial charge in [0.05, 0.1) is 12.6 Å². The highest BCUT2D eigenvalue weighted by atomic mass is 32.2. The minimum Gasteiger partial charge on any atom is -0.376 e. The lowest BCUT2D eigenvalue weighted by atomic mass is 10.2. The molecule has 0 bridgehead atoms. The minimum absolute atomic E-state index is 0.425. The van der Waals surface area contributed by atoms with Gasteiger partial charge < -0.3 is 10.1 Å². The Hall–Kier alpha value is -0.220. The molecule has 0 aliphatic carbocycles. The molecule has 0 saturated carbocycles. The van der Waals surface area contributed by atoms with Gasteiger partial charge in [-0.05, 0) is 12.8 Å². The Labute approximate surface area is 77.0 Å². The van der Waals surface area contributed by atoms with E-state index in [-0.39, 0.29) is 0 Å². The predicted octanol–water partition coefficient (Wildman–Crippen LogP) is 0.858. The average Bonchev–Trinajstić information content (AvgIpc) is 2.74. The van der Waals surface area contributed by atoms with Crippen molar-refractivity contribution in [2.75, 3.05) is 25.4 Å². The number of amidine groups is 1. The highest BCUT2D eigenvalue weighted by Gasteiger charge is 2.16. The van der Waals surface area contributed by atoms with E-state index < -0.39 is 0 Å². The van der Waals surface area contributed by atoms with E-state index in [1.807, 2.05) is 11.8 Å². The highest BCUT2D eigenvalue weighted by Crippen LogP contribution is 2.13. The van der Waals surface area contributed by atoms with Gasteiger partial charge in [-0.15, -0.1) is 0 Å². The summed E-state index contributed by atoms with van der Waals surface area (Å²) in [5, 5.41) is 4.41. The summed E-state index contributed by atoms with van der Waals surface area (Å²) in [6, 6.07) is 0. The maximum atomic E-state index is 5.49. The molecule has 2 aliphatic rings. The van der Waals surface area contributed by atoms with Gasteiger partial charge in [0.25, 0.3) is 0 Å². The second-order valence-electron chi connectivity index (χ2n) is 3.05. The number of nitrogens with one attached hydrogen (secondary N) is 1. The van der Waals surface area contributed by atoms with Crippen LogP contribution in [0.4, 0.5) is 0 Å². The summed E-state index contributed by atoms with van der Waals surface area (Å²) in [4.78, 5) is 4.31.